The molecule has 2 aromatic heterocycles. The summed E-state index contributed by atoms with van der Waals surface area (Å²) >= 11 is 0. The van der Waals surface area contributed by atoms with Gasteiger partial charge in [0.05, 0.1) is 0 Å². The molecule has 1 aliphatic heterocycles. The van der Waals surface area contributed by atoms with Crippen molar-refractivity contribution in [2.45, 2.75) is 38.1 Å². The van der Waals surface area contributed by atoms with Crippen molar-refractivity contribution in [2.75, 3.05) is 13.1 Å². The number of H-pyrrole nitrogens is 1. The molecule has 1 aliphatic carbocycles. The van der Waals surface area contributed by atoms with E-state index in [0.717, 1.165) is 55.3 Å². The molecule has 0 bridgehead atoms. The lowest BCUT2D eigenvalue weighted by molar-refractivity contribution is 0.0710. The summed E-state index contributed by atoms with van der Waals surface area (Å²) in [6, 6.07) is 7.72. The number of hydrogen-bond acceptors (Lipinski definition) is 3. The maximum Gasteiger partial charge on any atom is 0.253 e. The van der Waals surface area contributed by atoms with E-state index >= 15 is 0 Å². The number of imidazole rings is 2. The van der Waals surface area contributed by atoms with E-state index < -0.39 is 0 Å². The van der Waals surface area contributed by atoms with Crippen LogP contribution in [0.2, 0.25) is 0 Å². The van der Waals surface area contributed by atoms with Crippen molar-refractivity contribution in [3.05, 3.63) is 60.4 Å². The van der Waals surface area contributed by atoms with Crippen LogP contribution in [0.5, 0.6) is 0 Å². The average molecular weight is 375 g/mol. The van der Waals surface area contributed by atoms with Gasteiger partial charge >= 0.3 is 0 Å². The lowest BCUT2D eigenvalue weighted by Gasteiger charge is -2.32. The minimum Gasteiger partial charge on any atom is -0.345 e. The van der Waals surface area contributed by atoms with E-state index in [1.165, 1.54) is 18.7 Å². The standard InChI is InChI=1S/C22H25N5O/c28-22(19-3-1-2-18(14-19)20-23-8-9-24-20)26-11-6-17(7-12-26)21-25-10-13-27(21)15-16-4-5-16/h1-3,8-10,13-14,16-17H,4-7,11-12,15H2,(H,23,24). The van der Waals surface area contributed by atoms with Crippen LogP contribution >= 0.6 is 0 Å². The fraction of sp³-hybridized carbons (Fsp3) is 0.409. The lowest BCUT2D eigenvalue weighted by atomic mass is 9.95. The summed E-state index contributed by atoms with van der Waals surface area (Å²) in [5.74, 6) is 3.39. The third-order valence-electron chi connectivity index (χ3n) is 5.93. The van der Waals surface area contributed by atoms with Gasteiger partial charge in [0.25, 0.3) is 5.91 Å². The third kappa shape index (κ3) is 3.46. The highest BCUT2D eigenvalue weighted by molar-refractivity contribution is 5.95. The van der Waals surface area contributed by atoms with Gasteiger partial charge < -0.3 is 14.5 Å². The summed E-state index contributed by atoms with van der Waals surface area (Å²) in [6.07, 6.45) is 12.2. The smallest absolute Gasteiger partial charge is 0.253 e. The van der Waals surface area contributed by atoms with Crippen LogP contribution < -0.4 is 0 Å². The zero-order chi connectivity index (χ0) is 18.9. The third-order valence-corrected chi connectivity index (χ3v) is 5.93. The number of nitrogens with one attached hydrogen (secondary N) is 1. The van der Waals surface area contributed by atoms with Gasteiger partial charge in [-0.25, -0.2) is 9.97 Å². The lowest BCUT2D eigenvalue weighted by Crippen LogP contribution is -2.38. The highest BCUT2D eigenvalue weighted by atomic mass is 16.2. The normalized spacial score (nSPS) is 17.8. The maximum atomic E-state index is 13.0. The van der Waals surface area contributed by atoms with Crippen LogP contribution in [0, 0.1) is 5.92 Å². The molecule has 0 unspecified atom stereocenters. The van der Waals surface area contributed by atoms with Gasteiger partial charge in [-0.2, -0.15) is 0 Å². The molecule has 1 amide bonds. The number of hydrogen-bond donors (Lipinski definition) is 1. The summed E-state index contributed by atoms with van der Waals surface area (Å²) < 4.78 is 2.34. The summed E-state index contributed by atoms with van der Waals surface area (Å²) in [4.78, 5) is 27.0. The van der Waals surface area contributed by atoms with Gasteiger partial charge in [0, 0.05) is 61.5 Å². The summed E-state index contributed by atoms with van der Waals surface area (Å²) in [5, 5.41) is 0. The van der Waals surface area contributed by atoms with E-state index in [9.17, 15) is 4.79 Å². The molecule has 6 nitrogen and oxygen atoms in total. The molecular weight excluding hydrogens is 350 g/mol. The predicted molar refractivity (Wildman–Crippen MR) is 107 cm³/mol. The zero-order valence-electron chi connectivity index (χ0n) is 15.9. The van der Waals surface area contributed by atoms with Crippen LogP contribution in [-0.2, 0) is 6.54 Å². The number of carbonyl (C=O) groups excluding carboxylic acids is 1. The van der Waals surface area contributed by atoms with E-state index in [1.54, 1.807) is 12.4 Å². The largest absolute Gasteiger partial charge is 0.345 e. The van der Waals surface area contributed by atoms with Gasteiger partial charge in [-0.3, -0.25) is 4.79 Å². The number of piperidine rings is 1. The second kappa shape index (κ2) is 7.26. The molecule has 1 N–H and O–H groups in total. The Kier molecular flexibility index (Phi) is 4.47. The Labute approximate surface area is 164 Å². The fourth-order valence-electron chi connectivity index (χ4n) is 4.16. The van der Waals surface area contributed by atoms with Crippen LogP contribution in [0.15, 0.2) is 49.1 Å². The van der Waals surface area contributed by atoms with Gasteiger partial charge in [-0.15, -0.1) is 0 Å². The van der Waals surface area contributed by atoms with Crippen molar-refractivity contribution in [3.63, 3.8) is 0 Å². The molecule has 2 aliphatic rings. The molecular formula is C22H25N5O. The van der Waals surface area contributed by atoms with Crippen LogP contribution in [0.3, 0.4) is 0 Å². The van der Waals surface area contributed by atoms with Gasteiger partial charge in [0.15, 0.2) is 0 Å². The van der Waals surface area contributed by atoms with E-state index in [4.69, 9.17) is 0 Å². The van der Waals surface area contributed by atoms with Crippen LogP contribution in [0.4, 0.5) is 0 Å². The first-order valence-corrected chi connectivity index (χ1v) is 10.2. The molecule has 2 fully saturated rings. The van der Waals surface area contributed by atoms with Crippen LogP contribution in [0.1, 0.15) is 47.8 Å². The summed E-state index contributed by atoms with van der Waals surface area (Å²) in [6.45, 7) is 2.67. The zero-order valence-corrected chi connectivity index (χ0v) is 15.9. The van der Waals surface area contributed by atoms with Crippen molar-refractivity contribution in [3.8, 4) is 11.4 Å². The number of nitrogens with zero attached hydrogens (tertiary/aromatic N) is 4. The molecule has 144 valence electrons. The number of likely N-dealkylation sites (tertiary alicyclic amines) is 1. The first-order valence-electron chi connectivity index (χ1n) is 10.2. The predicted octanol–water partition coefficient (Wildman–Crippen LogP) is 3.70. The Morgan fingerprint density at radius 3 is 2.71 bits per heavy atom. The number of amides is 1. The minimum absolute atomic E-state index is 0.105. The number of aromatic amines is 1. The van der Waals surface area contributed by atoms with Gasteiger partial charge in [-0.05, 0) is 43.7 Å². The Balaban J connectivity index is 1.25. The highest BCUT2D eigenvalue weighted by Crippen LogP contribution is 2.33. The molecule has 0 atom stereocenters. The average Bonchev–Trinajstić information content (AvgIpc) is 3.20. The molecule has 1 saturated carbocycles. The molecule has 1 aromatic carbocycles. The maximum absolute atomic E-state index is 13.0. The van der Waals surface area contributed by atoms with Crippen molar-refractivity contribution < 1.29 is 4.79 Å². The van der Waals surface area contributed by atoms with Gasteiger partial charge in [0.2, 0.25) is 0 Å². The van der Waals surface area contributed by atoms with E-state index in [0.29, 0.717) is 5.92 Å². The topological polar surface area (TPSA) is 66.8 Å². The fourth-order valence-corrected chi connectivity index (χ4v) is 4.16. The molecule has 1 saturated heterocycles. The van der Waals surface area contributed by atoms with E-state index in [-0.39, 0.29) is 5.91 Å². The Morgan fingerprint density at radius 2 is 1.96 bits per heavy atom. The van der Waals surface area contributed by atoms with Crippen molar-refractivity contribution in [2.24, 2.45) is 5.92 Å². The van der Waals surface area contributed by atoms with Crippen LogP contribution in [0.25, 0.3) is 11.4 Å². The van der Waals surface area contributed by atoms with Crippen LogP contribution in [-0.4, -0.2) is 43.4 Å². The molecule has 0 spiro atoms. The molecule has 6 heteroatoms. The monoisotopic (exact) mass is 375 g/mol. The highest BCUT2D eigenvalue weighted by Gasteiger charge is 2.29. The molecule has 3 aromatic rings. The minimum atomic E-state index is 0.105. The first kappa shape index (κ1) is 17.2. The summed E-state index contributed by atoms with van der Waals surface area (Å²) in [5.41, 5.74) is 1.66. The SMILES string of the molecule is O=C(c1cccc(-c2ncc[nH]2)c1)N1CCC(c2nccn2CC2CC2)CC1. The molecule has 5 rings (SSSR count). The molecule has 28 heavy (non-hydrogen) atoms. The van der Waals surface area contributed by atoms with E-state index in [1.807, 2.05) is 35.4 Å². The van der Waals surface area contributed by atoms with Crippen molar-refractivity contribution in [1.29, 1.82) is 0 Å². The van der Waals surface area contributed by atoms with Crippen molar-refractivity contribution in [1.82, 2.24) is 24.4 Å². The number of carbonyl (C=O) groups is 1. The van der Waals surface area contributed by atoms with Crippen molar-refractivity contribution >= 4 is 5.91 Å². The first-order chi connectivity index (χ1) is 13.8. The Morgan fingerprint density at radius 1 is 1.11 bits per heavy atom. The quantitative estimate of drug-likeness (QED) is 0.739. The summed E-state index contributed by atoms with van der Waals surface area (Å²) in [7, 11) is 0. The number of benzene rings is 1. The Bertz CT molecular complexity index is 949. The number of rotatable bonds is 5. The second-order valence-corrected chi connectivity index (χ2v) is 7.97. The Hall–Kier alpha value is -2.89. The van der Waals surface area contributed by atoms with E-state index in [2.05, 4.69) is 25.7 Å². The number of aromatic nitrogens is 4. The second-order valence-electron chi connectivity index (χ2n) is 7.97. The van der Waals surface area contributed by atoms with Gasteiger partial charge in [-0.1, -0.05) is 12.1 Å². The molecule has 3 heterocycles. The molecule has 0 radical (unpaired) electrons. The van der Waals surface area contributed by atoms with Gasteiger partial charge in [0.1, 0.15) is 11.6 Å².